The lowest BCUT2D eigenvalue weighted by Crippen LogP contribution is -2.28. The first-order chi connectivity index (χ1) is 13.5. The Morgan fingerprint density at radius 3 is 2.93 bits per heavy atom. The maximum Gasteiger partial charge on any atom is 0.304 e. The molecular weight excluding hydrogens is 473 g/mol. The molecule has 2 aromatic rings. The average Bonchev–Trinajstić information content (AvgIpc) is 2.78. The van der Waals surface area contributed by atoms with Gasteiger partial charge in [0.25, 0.3) is 0 Å². The van der Waals surface area contributed by atoms with Crippen LogP contribution < -0.4 is 10.1 Å². The molecule has 1 aromatic carbocycles. The summed E-state index contributed by atoms with van der Waals surface area (Å²) < 4.78 is 7.45. The number of hydrogen-bond donors (Lipinski definition) is 2. The summed E-state index contributed by atoms with van der Waals surface area (Å²) in [5, 5.41) is 12.1. The highest BCUT2D eigenvalue weighted by Crippen LogP contribution is 2.29. The number of nitrogens with zero attached hydrogens (tertiary/aromatic N) is 2. The van der Waals surface area contributed by atoms with Gasteiger partial charge in [-0.15, -0.1) is 0 Å². The van der Waals surface area contributed by atoms with E-state index < -0.39 is 11.9 Å². The Morgan fingerprint density at radius 1 is 1.36 bits per heavy atom. The SMILES string of the molecule is CNc1cccc(CCOc2ccc3c(c2)CN(I)C(=O)[C@H](CC(=O)O)C3)n1. The first-order valence-corrected chi connectivity index (χ1v) is 10.00. The van der Waals surface area contributed by atoms with Gasteiger partial charge in [0.05, 0.1) is 48.4 Å². The van der Waals surface area contributed by atoms with Gasteiger partial charge in [-0.3, -0.25) is 12.7 Å². The number of aliphatic carboxylic acids is 1. The number of ether oxygens (including phenoxy) is 1. The number of fused-ring (bicyclic) bond motifs is 1. The van der Waals surface area contributed by atoms with Gasteiger partial charge in [-0.2, -0.15) is 0 Å². The molecule has 2 N–H and O–H groups in total. The van der Waals surface area contributed by atoms with Crippen molar-refractivity contribution in [1.29, 1.82) is 0 Å². The first kappa shape index (κ1) is 20.4. The number of carboxylic acid groups (broad SMARTS) is 1. The van der Waals surface area contributed by atoms with Crippen molar-refractivity contribution >= 4 is 40.6 Å². The number of rotatable bonds is 7. The second-order valence-electron chi connectivity index (χ2n) is 6.65. The molecule has 1 aliphatic heterocycles. The summed E-state index contributed by atoms with van der Waals surface area (Å²) in [6, 6.07) is 11.6. The molecular formula is C20H22IN3O4. The fourth-order valence-corrected chi connectivity index (χ4v) is 3.98. The molecule has 0 bridgehead atoms. The lowest BCUT2D eigenvalue weighted by atomic mass is 9.94. The number of anilines is 1. The summed E-state index contributed by atoms with van der Waals surface area (Å²) >= 11 is 1.96. The van der Waals surface area contributed by atoms with Crippen molar-refractivity contribution in [2.75, 3.05) is 19.0 Å². The van der Waals surface area contributed by atoms with Gasteiger partial charge < -0.3 is 15.2 Å². The number of hydrogen-bond acceptors (Lipinski definition) is 5. The molecule has 1 aliphatic rings. The largest absolute Gasteiger partial charge is 0.493 e. The molecule has 0 unspecified atom stereocenters. The number of aromatic nitrogens is 1. The van der Waals surface area contributed by atoms with Crippen molar-refractivity contribution < 1.29 is 19.4 Å². The van der Waals surface area contributed by atoms with Crippen LogP contribution in [0.25, 0.3) is 0 Å². The Labute approximate surface area is 177 Å². The molecule has 28 heavy (non-hydrogen) atoms. The number of nitrogens with one attached hydrogen (secondary N) is 1. The van der Waals surface area contributed by atoms with E-state index in [9.17, 15) is 9.59 Å². The van der Waals surface area contributed by atoms with E-state index in [1.807, 2.05) is 66.3 Å². The van der Waals surface area contributed by atoms with Crippen LogP contribution in [0.15, 0.2) is 36.4 Å². The van der Waals surface area contributed by atoms with Gasteiger partial charge in [-0.05, 0) is 41.8 Å². The Balaban J connectivity index is 1.66. The zero-order chi connectivity index (χ0) is 20.1. The number of pyridine rings is 1. The second kappa shape index (κ2) is 9.22. The summed E-state index contributed by atoms with van der Waals surface area (Å²) in [5.74, 6) is -0.0738. The fraction of sp³-hybridized carbons (Fsp3) is 0.350. The van der Waals surface area contributed by atoms with Gasteiger partial charge in [0, 0.05) is 19.2 Å². The first-order valence-electron chi connectivity index (χ1n) is 9.03. The van der Waals surface area contributed by atoms with Crippen LogP contribution >= 0.6 is 22.9 Å². The molecule has 148 valence electrons. The molecule has 0 aliphatic carbocycles. The summed E-state index contributed by atoms with van der Waals surface area (Å²) in [6.07, 6.45) is 0.958. The summed E-state index contributed by atoms with van der Waals surface area (Å²) in [4.78, 5) is 28.0. The Bertz CT molecular complexity index is 874. The smallest absolute Gasteiger partial charge is 0.304 e. The van der Waals surface area contributed by atoms with Crippen LogP contribution in [0, 0.1) is 5.92 Å². The van der Waals surface area contributed by atoms with E-state index in [1.165, 1.54) is 0 Å². The van der Waals surface area contributed by atoms with E-state index in [-0.39, 0.29) is 12.3 Å². The van der Waals surface area contributed by atoms with Crippen LogP contribution in [-0.4, -0.2) is 38.7 Å². The molecule has 0 radical (unpaired) electrons. The van der Waals surface area contributed by atoms with Crippen LogP contribution in [0.1, 0.15) is 23.2 Å². The van der Waals surface area contributed by atoms with Gasteiger partial charge in [0.1, 0.15) is 11.6 Å². The average molecular weight is 495 g/mol. The third kappa shape index (κ3) is 5.12. The zero-order valence-electron chi connectivity index (χ0n) is 15.5. The molecule has 1 amide bonds. The van der Waals surface area contributed by atoms with Crippen LogP contribution in [-0.2, 0) is 29.0 Å². The van der Waals surface area contributed by atoms with E-state index >= 15 is 0 Å². The molecule has 1 aromatic heterocycles. The zero-order valence-corrected chi connectivity index (χ0v) is 17.7. The predicted molar refractivity (Wildman–Crippen MR) is 113 cm³/mol. The number of halogens is 1. The summed E-state index contributed by atoms with van der Waals surface area (Å²) in [6.45, 7) is 0.932. The van der Waals surface area contributed by atoms with Crippen LogP contribution in [0.2, 0.25) is 0 Å². The Morgan fingerprint density at radius 2 is 2.18 bits per heavy atom. The molecule has 0 spiro atoms. The predicted octanol–water partition coefficient (Wildman–Crippen LogP) is 3.07. The Kier molecular flexibility index (Phi) is 6.71. The maximum atomic E-state index is 12.4. The van der Waals surface area contributed by atoms with Gasteiger partial charge in [-0.1, -0.05) is 12.1 Å². The lowest BCUT2D eigenvalue weighted by molar-refractivity contribution is -0.142. The van der Waals surface area contributed by atoms with Crippen LogP contribution in [0.3, 0.4) is 0 Å². The van der Waals surface area contributed by atoms with Gasteiger partial charge in [0.15, 0.2) is 0 Å². The normalized spacial score (nSPS) is 16.3. The maximum absolute atomic E-state index is 12.4. The number of amides is 1. The highest BCUT2D eigenvalue weighted by atomic mass is 127. The molecule has 7 nitrogen and oxygen atoms in total. The monoisotopic (exact) mass is 495 g/mol. The van der Waals surface area contributed by atoms with Crippen molar-refractivity contribution in [3.63, 3.8) is 0 Å². The second-order valence-corrected chi connectivity index (χ2v) is 7.82. The van der Waals surface area contributed by atoms with E-state index in [0.717, 1.165) is 28.4 Å². The van der Waals surface area contributed by atoms with Crippen LogP contribution in [0.5, 0.6) is 5.75 Å². The molecule has 2 heterocycles. The number of carbonyl (C=O) groups is 2. The fourth-order valence-electron chi connectivity index (χ4n) is 3.22. The third-order valence-electron chi connectivity index (χ3n) is 4.65. The van der Waals surface area contributed by atoms with Crippen LogP contribution in [0.4, 0.5) is 5.82 Å². The number of benzene rings is 1. The highest BCUT2D eigenvalue weighted by molar-refractivity contribution is 14.1. The molecule has 0 saturated heterocycles. The molecule has 3 rings (SSSR count). The third-order valence-corrected chi connectivity index (χ3v) is 5.47. The molecule has 1 atom stereocenters. The quantitative estimate of drug-likeness (QED) is 0.454. The highest BCUT2D eigenvalue weighted by Gasteiger charge is 2.30. The summed E-state index contributed by atoms with van der Waals surface area (Å²) in [5.41, 5.74) is 2.93. The van der Waals surface area contributed by atoms with Gasteiger partial charge >= 0.3 is 5.97 Å². The van der Waals surface area contributed by atoms with E-state index in [1.54, 1.807) is 3.11 Å². The van der Waals surface area contributed by atoms with E-state index in [2.05, 4.69) is 10.3 Å². The molecule has 0 fully saturated rings. The molecule has 8 heteroatoms. The minimum absolute atomic E-state index is 0.142. The van der Waals surface area contributed by atoms with E-state index in [4.69, 9.17) is 9.84 Å². The van der Waals surface area contributed by atoms with Crippen molar-refractivity contribution in [2.24, 2.45) is 5.92 Å². The van der Waals surface area contributed by atoms with Gasteiger partial charge in [-0.25, -0.2) is 4.98 Å². The minimum atomic E-state index is -0.956. The standard InChI is InChI=1S/C20H22IN3O4/c1-22-18-4-2-3-16(23-18)7-8-28-17-6-5-13-9-14(11-19(25)26)20(27)24(21)12-15(13)10-17/h2-6,10,14H,7-9,11-12H2,1H3,(H,22,23)(H,25,26)/t14-/m0/s1. The van der Waals surface area contributed by atoms with Crippen molar-refractivity contribution in [1.82, 2.24) is 8.10 Å². The van der Waals surface area contributed by atoms with Crippen molar-refractivity contribution in [3.05, 3.63) is 53.2 Å². The Hall–Kier alpha value is -2.36. The minimum Gasteiger partial charge on any atom is -0.493 e. The van der Waals surface area contributed by atoms with Gasteiger partial charge in [0.2, 0.25) is 5.91 Å². The summed E-state index contributed by atoms with van der Waals surface area (Å²) in [7, 11) is 1.83. The van der Waals surface area contributed by atoms with Crippen molar-refractivity contribution in [2.45, 2.75) is 25.8 Å². The van der Waals surface area contributed by atoms with E-state index in [0.29, 0.717) is 26.0 Å². The number of carboxylic acids is 1. The number of carbonyl (C=O) groups excluding carboxylic acids is 1. The lowest BCUT2D eigenvalue weighted by Gasteiger charge is -2.16. The topological polar surface area (TPSA) is 91.8 Å². The van der Waals surface area contributed by atoms with Crippen molar-refractivity contribution in [3.8, 4) is 5.75 Å². The molecule has 0 saturated carbocycles.